The summed E-state index contributed by atoms with van der Waals surface area (Å²) in [5.74, 6) is -0.495. The normalized spacial score (nSPS) is 11.7. The highest BCUT2D eigenvalue weighted by Gasteiger charge is 2.21. The molecule has 0 saturated carbocycles. The van der Waals surface area contributed by atoms with Crippen LogP contribution in [0.5, 0.6) is 0 Å². The molecule has 0 aliphatic heterocycles. The van der Waals surface area contributed by atoms with Gasteiger partial charge in [-0.05, 0) is 48.3 Å². The van der Waals surface area contributed by atoms with Crippen LogP contribution in [0.15, 0.2) is 65.9 Å². The van der Waals surface area contributed by atoms with E-state index in [0.29, 0.717) is 22.1 Å². The number of fused-ring (bicyclic) bond motifs is 1. The first-order valence-electron chi connectivity index (χ1n) is 8.84. The molecule has 4 aromatic rings. The number of anilines is 1. The Morgan fingerprint density at radius 3 is 2.69 bits per heavy atom. The highest BCUT2D eigenvalue weighted by Crippen LogP contribution is 2.25. The summed E-state index contributed by atoms with van der Waals surface area (Å²) in [5.41, 5.74) is 3.30. The summed E-state index contributed by atoms with van der Waals surface area (Å²) in [5, 5.41) is 17.8. The molecule has 0 aliphatic rings. The maximum atomic E-state index is 12.8. The van der Waals surface area contributed by atoms with Gasteiger partial charge in [0.05, 0.1) is 5.69 Å². The van der Waals surface area contributed by atoms with Crippen LogP contribution >= 0.6 is 23.1 Å². The first kappa shape index (κ1) is 19.2. The van der Waals surface area contributed by atoms with Crippen LogP contribution in [0.2, 0.25) is 5.02 Å². The average Bonchev–Trinajstić information content (AvgIpc) is 3.28. The lowest BCUT2D eigenvalue weighted by molar-refractivity contribution is -0.110. The van der Waals surface area contributed by atoms with E-state index >= 15 is 0 Å². The zero-order valence-corrected chi connectivity index (χ0v) is 17.0. The van der Waals surface area contributed by atoms with Crippen molar-refractivity contribution >= 4 is 50.7 Å². The first-order chi connectivity index (χ1) is 14.0. The van der Waals surface area contributed by atoms with Crippen molar-refractivity contribution in [2.45, 2.75) is 13.5 Å². The summed E-state index contributed by atoms with van der Waals surface area (Å²) in [6, 6.07) is 17.0. The number of benzene rings is 2. The van der Waals surface area contributed by atoms with Gasteiger partial charge < -0.3 is 15.1 Å². The second kappa shape index (κ2) is 8.06. The quantitative estimate of drug-likeness (QED) is 0.271. The van der Waals surface area contributed by atoms with Crippen molar-refractivity contribution in [1.82, 2.24) is 8.94 Å². The number of nitrogens with zero attached hydrogens (tertiary/aromatic N) is 3. The number of aryl methyl sites for hydroxylation is 1. The highest BCUT2D eigenvalue weighted by atomic mass is 35.5. The van der Waals surface area contributed by atoms with Crippen LogP contribution in [-0.2, 0) is 11.3 Å². The molecule has 0 bridgehead atoms. The Labute approximate surface area is 176 Å². The Hall–Kier alpha value is -3.16. The van der Waals surface area contributed by atoms with Gasteiger partial charge in [-0.25, -0.2) is 0 Å². The molecule has 0 radical (unpaired) electrons. The van der Waals surface area contributed by atoms with Crippen LogP contribution in [0.3, 0.4) is 0 Å². The topological polar surface area (TPSA) is 79.5 Å². The SMILES string of the molecule is Cc1cc(NC(=O)/C(=N\O)c2cn(Cc3ccc(Cl)cc3)c3ccccc23)sn1. The maximum Gasteiger partial charge on any atom is 0.279 e. The van der Waals surface area contributed by atoms with Gasteiger partial charge in [-0.3, -0.25) is 4.79 Å². The molecule has 8 heteroatoms. The predicted molar refractivity (Wildman–Crippen MR) is 116 cm³/mol. The van der Waals surface area contributed by atoms with E-state index in [1.165, 1.54) is 11.5 Å². The molecule has 1 amide bonds. The van der Waals surface area contributed by atoms with Crippen molar-refractivity contribution in [1.29, 1.82) is 0 Å². The molecule has 6 nitrogen and oxygen atoms in total. The van der Waals surface area contributed by atoms with E-state index in [1.807, 2.05) is 66.2 Å². The molecule has 29 heavy (non-hydrogen) atoms. The fraction of sp³-hybridized carbons (Fsp3) is 0.0952. The number of hydrogen-bond acceptors (Lipinski definition) is 5. The van der Waals surface area contributed by atoms with Crippen LogP contribution < -0.4 is 5.32 Å². The molecule has 0 atom stereocenters. The molecule has 0 unspecified atom stereocenters. The minimum absolute atomic E-state index is 0.0536. The molecule has 0 aliphatic carbocycles. The Bertz CT molecular complexity index is 1210. The van der Waals surface area contributed by atoms with E-state index in [4.69, 9.17) is 11.6 Å². The van der Waals surface area contributed by atoms with Crippen LogP contribution in [0.25, 0.3) is 10.9 Å². The van der Waals surface area contributed by atoms with E-state index in [0.717, 1.165) is 22.2 Å². The van der Waals surface area contributed by atoms with Crippen molar-refractivity contribution < 1.29 is 10.0 Å². The monoisotopic (exact) mass is 424 g/mol. The number of aromatic nitrogens is 2. The first-order valence-corrected chi connectivity index (χ1v) is 9.99. The second-order valence-electron chi connectivity index (χ2n) is 6.55. The van der Waals surface area contributed by atoms with Crippen molar-refractivity contribution in [3.63, 3.8) is 0 Å². The number of oxime groups is 1. The van der Waals surface area contributed by atoms with E-state index < -0.39 is 5.91 Å². The Balaban J connectivity index is 1.70. The van der Waals surface area contributed by atoms with Crippen molar-refractivity contribution in [3.8, 4) is 0 Å². The highest BCUT2D eigenvalue weighted by molar-refractivity contribution is 7.10. The van der Waals surface area contributed by atoms with E-state index in [-0.39, 0.29) is 5.71 Å². The van der Waals surface area contributed by atoms with Crippen LogP contribution in [0, 0.1) is 6.92 Å². The Morgan fingerprint density at radius 1 is 1.24 bits per heavy atom. The minimum Gasteiger partial charge on any atom is -0.410 e. The van der Waals surface area contributed by atoms with E-state index in [1.54, 1.807) is 6.07 Å². The molecule has 2 N–H and O–H groups in total. The largest absolute Gasteiger partial charge is 0.410 e. The third-order valence-electron chi connectivity index (χ3n) is 4.49. The molecule has 0 saturated heterocycles. The van der Waals surface area contributed by atoms with Gasteiger partial charge >= 0.3 is 0 Å². The van der Waals surface area contributed by atoms with Gasteiger partial charge in [-0.15, -0.1) is 0 Å². The number of carbonyl (C=O) groups excluding carboxylic acids is 1. The molecule has 146 valence electrons. The minimum atomic E-state index is -0.495. The van der Waals surface area contributed by atoms with E-state index in [9.17, 15) is 10.0 Å². The fourth-order valence-corrected chi connectivity index (χ4v) is 3.95. The van der Waals surface area contributed by atoms with Gasteiger partial charge in [0.2, 0.25) is 0 Å². The summed E-state index contributed by atoms with van der Waals surface area (Å²) >= 11 is 7.16. The van der Waals surface area contributed by atoms with Crippen LogP contribution in [0.4, 0.5) is 5.00 Å². The standard InChI is InChI=1S/C21H17ClN4O2S/c1-13-10-19(29-25-13)23-21(27)20(24-28)17-12-26(18-5-3-2-4-16(17)18)11-14-6-8-15(22)9-7-14/h2-10,12,28H,11H2,1H3,(H,23,27)/b24-20-. The van der Waals surface area contributed by atoms with Gasteiger partial charge in [0.25, 0.3) is 5.91 Å². The number of nitrogens with one attached hydrogen (secondary N) is 1. The van der Waals surface area contributed by atoms with Gasteiger partial charge in [0, 0.05) is 34.2 Å². The summed E-state index contributed by atoms with van der Waals surface area (Å²) < 4.78 is 6.16. The smallest absolute Gasteiger partial charge is 0.279 e. The Morgan fingerprint density at radius 2 is 2.00 bits per heavy atom. The third kappa shape index (κ3) is 4.01. The van der Waals surface area contributed by atoms with Crippen LogP contribution in [-0.4, -0.2) is 25.8 Å². The number of para-hydroxylation sites is 1. The van der Waals surface area contributed by atoms with Crippen molar-refractivity contribution in [2.24, 2.45) is 5.16 Å². The average molecular weight is 425 g/mol. The number of halogens is 1. The maximum absolute atomic E-state index is 12.8. The molecule has 0 spiro atoms. The number of carbonyl (C=O) groups is 1. The number of hydrogen-bond donors (Lipinski definition) is 2. The number of amides is 1. The summed E-state index contributed by atoms with van der Waals surface area (Å²) in [4.78, 5) is 12.8. The molecule has 2 aromatic heterocycles. The molecular weight excluding hydrogens is 408 g/mol. The lowest BCUT2D eigenvalue weighted by atomic mass is 10.1. The Kier molecular flexibility index (Phi) is 5.33. The fourth-order valence-electron chi connectivity index (χ4n) is 3.17. The zero-order chi connectivity index (χ0) is 20.4. The lowest BCUT2D eigenvalue weighted by Gasteiger charge is -2.05. The summed E-state index contributed by atoms with van der Waals surface area (Å²) in [6.45, 7) is 2.43. The van der Waals surface area contributed by atoms with Crippen molar-refractivity contribution in [3.05, 3.63) is 82.6 Å². The van der Waals surface area contributed by atoms with Gasteiger partial charge in [-0.2, -0.15) is 4.37 Å². The van der Waals surface area contributed by atoms with Crippen LogP contribution in [0.1, 0.15) is 16.8 Å². The van der Waals surface area contributed by atoms with Crippen molar-refractivity contribution in [2.75, 3.05) is 5.32 Å². The van der Waals surface area contributed by atoms with Gasteiger partial charge in [0.1, 0.15) is 5.00 Å². The molecule has 0 fully saturated rings. The summed E-state index contributed by atoms with van der Waals surface area (Å²) in [7, 11) is 0. The predicted octanol–water partition coefficient (Wildman–Crippen LogP) is 4.92. The van der Waals surface area contributed by atoms with Gasteiger partial charge in [0.15, 0.2) is 5.71 Å². The van der Waals surface area contributed by atoms with E-state index in [2.05, 4.69) is 14.8 Å². The third-order valence-corrected chi connectivity index (χ3v) is 5.54. The zero-order valence-electron chi connectivity index (χ0n) is 15.5. The summed E-state index contributed by atoms with van der Waals surface area (Å²) in [6.07, 6.45) is 1.83. The van der Waals surface area contributed by atoms with Gasteiger partial charge in [-0.1, -0.05) is 47.1 Å². The second-order valence-corrected chi connectivity index (χ2v) is 7.79. The lowest BCUT2D eigenvalue weighted by Crippen LogP contribution is -2.23. The molecule has 2 heterocycles. The molecule has 4 rings (SSSR count). The number of rotatable bonds is 5. The molecule has 2 aromatic carbocycles. The molecular formula is C21H17ClN4O2S.